The van der Waals surface area contributed by atoms with Gasteiger partial charge >= 0.3 is 4.87 Å². The minimum atomic E-state index is -0.0612. The van der Waals surface area contributed by atoms with E-state index in [9.17, 15) is 9.59 Å². The van der Waals surface area contributed by atoms with Crippen LogP contribution in [0.15, 0.2) is 29.1 Å². The zero-order valence-corrected chi connectivity index (χ0v) is 14.1. The molecule has 2 saturated carbocycles. The van der Waals surface area contributed by atoms with Crippen molar-refractivity contribution in [3.8, 4) is 0 Å². The minimum absolute atomic E-state index is 0.0501. The number of fused-ring (bicyclic) bond motifs is 3. The lowest BCUT2D eigenvalue weighted by molar-refractivity contribution is -0.122. The Morgan fingerprint density at radius 3 is 2.91 bits per heavy atom. The summed E-state index contributed by atoms with van der Waals surface area (Å²) in [5.41, 5.74) is 0.852. The highest BCUT2D eigenvalue weighted by Crippen LogP contribution is 2.49. The van der Waals surface area contributed by atoms with E-state index in [0.29, 0.717) is 5.92 Å². The molecule has 5 heteroatoms. The molecular formula is C18H22N2O2S. The van der Waals surface area contributed by atoms with Crippen molar-refractivity contribution >= 4 is 27.5 Å². The van der Waals surface area contributed by atoms with Gasteiger partial charge in [0.2, 0.25) is 5.91 Å². The third kappa shape index (κ3) is 2.71. The van der Waals surface area contributed by atoms with Crippen LogP contribution in [0.2, 0.25) is 0 Å². The number of hydrogen-bond acceptors (Lipinski definition) is 3. The first-order valence-electron chi connectivity index (χ1n) is 8.49. The van der Waals surface area contributed by atoms with Crippen molar-refractivity contribution in [1.29, 1.82) is 0 Å². The Hall–Kier alpha value is -1.62. The van der Waals surface area contributed by atoms with Gasteiger partial charge in [0, 0.05) is 6.04 Å². The molecule has 0 radical (unpaired) electrons. The lowest BCUT2D eigenvalue weighted by atomic mass is 9.84. The molecule has 122 valence electrons. The predicted octanol–water partition coefficient (Wildman–Crippen LogP) is 3.00. The standard InChI is InChI=1S/C18H22N2O2S/c1-11(14-9-12-6-7-13(14)8-12)19-17(21)10-20-15-4-2-3-5-16(15)23-18(20)22/h2-5,11-14H,6-10H2,1H3,(H,19,21)/t11-,12+,13+,14-/m1/s1. The van der Waals surface area contributed by atoms with Crippen LogP contribution in [0.3, 0.4) is 0 Å². The van der Waals surface area contributed by atoms with E-state index in [1.54, 1.807) is 4.57 Å². The third-order valence-electron chi connectivity index (χ3n) is 5.70. The summed E-state index contributed by atoms with van der Waals surface area (Å²) in [5, 5.41) is 3.14. The Labute approximate surface area is 139 Å². The summed E-state index contributed by atoms with van der Waals surface area (Å²) in [6, 6.07) is 7.85. The Kier molecular flexibility index (Phi) is 3.76. The molecule has 4 rings (SSSR count). The highest BCUT2D eigenvalue weighted by atomic mass is 32.1. The molecule has 1 aromatic heterocycles. The van der Waals surface area contributed by atoms with Gasteiger partial charge in [-0.2, -0.15) is 0 Å². The molecule has 2 bridgehead atoms. The van der Waals surface area contributed by atoms with Gasteiger partial charge in [0.1, 0.15) is 6.54 Å². The molecule has 1 aromatic carbocycles. The quantitative estimate of drug-likeness (QED) is 0.937. The summed E-state index contributed by atoms with van der Waals surface area (Å²) in [7, 11) is 0. The first-order chi connectivity index (χ1) is 11.1. The molecule has 0 unspecified atom stereocenters. The second-order valence-corrected chi connectivity index (χ2v) is 8.11. The number of nitrogens with one attached hydrogen (secondary N) is 1. The van der Waals surface area contributed by atoms with Gasteiger partial charge in [-0.05, 0) is 56.1 Å². The number of hydrogen-bond donors (Lipinski definition) is 1. The molecule has 4 atom stereocenters. The van der Waals surface area contributed by atoms with E-state index >= 15 is 0 Å². The van der Waals surface area contributed by atoms with Crippen LogP contribution in [-0.2, 0) is 11.3 Å². The first kappa shape index (κ1) is 14.9. The van der Waals surface area contributed by atoms with E-state index in [1.807, 2.05) is 24.3 Å². The SMILES string of the molecule is C[C@@H](NC(=O)Cn1c(=O)sc2ccccc21)[C@H]1C[C@H]2CC[C@H]1C2. The van der Waals surface area contributed by atoms with Crippen LogP contribution in [0.4, 0.5) is 0 Å². The second-order valence-electron chi connectivity index (χ2n) is 7.12. The van der Waals surface area contributed by atoms with Crippen molar-refractivity contribution in [2.24, 2.45) is 17.8 Å². The van der Waals surface area contributed by atoms with E-state index < -0.39 is 0 Å². The molecule has 1 heterocycles. The topological polar surface area (TPSA) is 51.1 Å². The number of amides is 1. The number of carbonyl (C=O) groups is 1. The van der Waals surface area contributed by atoms with Gasteiger partial charge in [0.25, 0.3) is 0 Å². The van der Waals surface area contributed by atoms with Crippen molar-refractivity contribution in [3.63, 3.8) is 0 Å². The van der Waals surface area contributed by atoms with Crippen LogP contribution in [0.1, 0.15) is 32.6 Å². The summed E-state index contributed by atoms with van der Waals surface area (Å²) < 4.78 is 2.52. The van der Waals surface area contributed by atoms with Crippen molar-refractivity contribution in [2.75, 3.05) is 0 Å². The molecule has 2 aromatic rings. The molecule has 23 heavy (non-hydrogen) atoms. The van der Waals surface area contributed by atoms with Crippen LogP contribution >= 0.6 is 11.3 Å². The lowest BCUT2D eigenvalue weighted by Crippen LogP contribution is -2.42. The smallest absolute Gasteiger partial charge is 0.308 e. The van der Waals surface area contributed by atoms with Gasteiger partial charge in [0.15, 0.2) is 0 Å². The number of thiazole rings is 1. The highest BCUT2D eigenvalue weighted by molar-refractivity contribution is 7.16. The first-order valence-corrected chi connectivity index (χ1v) is 9.31. The Morgan fingerprint density at radius 1 is 1.35 bits per heavy atom. The highest BCUT2D eigenvalue weighted by Gasteiger charge is 2.42. The van der Waals surface area contributed by atoms with Crippen LogP contribution in [0.5, 0.6) is 0 Å². The Balaban J connectivity index is 1.45. The number of nitrogens with zero attached hydrogens (tertiary/aromatic N) is 1. The lowest BCUT2D eigenvalue weighted by Gasteiger charge is -2.28. The van der Waals surface area contributed by atoms with Crippen LogP contribution < -0.4 is 10.2 Å². The van der Waals surface area contributed by atoms with Crippen molar-refractivity contribution in [3.05, 3.63) is 33.9 Å². The molecule has 0 spiro atoms. The summed E-state index contributed by atoms with van der Waals surface area (Å²) >= 11 is 1.20. The summed E-state index contributed by atoms with van der Waals surface area (Å²) in [5.74, 6) is 2.24. The van der Waals surface area contributed by atoms with E-state index in [4.69, 9.17) is 0 Å². The average molecular weight is 330 g/mol. The summed E-state index contributed by atoms with van der Waals surface area (Å²) in [4.78, 5) is 24.5. The number of benzene rings is 1. The van der Waals surface area contributed by atoms with E-state index in [1.165, 1.54) is 37.0 Å². The Morgan fingerprint density at radius 2 is 2.17 bits per heavy atom. The molecule has 4 nitrogen and oxygen atoms in total. The molecule has 0 saturated heterocycles. The summed E-state index contributed by atoms with van der Waals surface area (Å²) in [6.45, 7) is 2.24. The fraction of sp³-hybridized carbons (Fsp3) is 0.556. The van der Waals surface area contributed by atoms with Gasteiger partial charge in [-0.15, -0.1) is 0 Å². The molecule has 2 aliphatic carbocycles. The maximum absolute atomic E-state index is 12.4. The minimum Gasteiger partial charge on any atom is -0.352 e. The second kappa shape index (κ2) is 5.78. The zero-order valence-electron chi connectivity index (χ0n) is 13.3. The monoisotopic (exact) mass is 330 g/mol. The van der Waals surface area contributed by atoms with Gasteiger partial charge in [-0.3, -0.25) is 14.2 Å². The average Bonchev–Trinajstić information content (AvgIpc) is 3.22. The van der Waals surface area contributed by atoms with E-state index in [0.717, 1.165) is 22.1 Å². The molecule has 1 N–H and O–H groups in total. The van der Waals surface area contributed by atoms with E-state index in [2.05, 4.69) is 12.2 Å². The fourth-order valence-corrected chi connectivity index (χ4v) is 5.51. The predicted molar refractivity (Wildman–Crippen MR) is 92.6 cm³/mol. The molecule has 1 amide bonds. The van der Waals surface area contributed by atoms with Gasteiger partial charge in [0.05, 0.1) is 10.2 Å². The summed E-state index contributed by atoms with van der Waals surface area (Å²) in [6.07, 6.45) is 5.30. The van der Waals surface area contributed by atoms with Crippen LogP contribution in [-0.4, -0.2) is 16.5 Å². The molecule has 2 aliphatic rings. The maximum atomic E-state index is 12.4. The third-order valence-corrected chi connectivity index (χ3v) is 6.66. The number of rotatable bonds is 4. The fourth-order valence-electron chi connectivity index (χ4n) is 4.62. The molecule has 2 fully saturated rings. The van der Waals surface area contributed by atoms with Crippen LogP contribution in [0.25, 0.3) is 10.2 Å². The van der Waals surface area contributed by atoms with Crippen molar-refractivity contribution < 1.29 is 4.79 Å². The van der Waals surface area contributed by atoms with Gasteiger partial charge in [-0.25, -0.2) is 0 Å². The van der Waals surface area contributed by atoms with Gasteiger partial charge < -0.3 is 5.32 Å². The molecular weight excluding hydrogens is 308 g/mol. The van der Waals surface area contributed by atoms with Crippen LogP contribution in [0, 0.1) is 17.8 Å². The normalized spacial score (nSPS) is 27.4. The number of para-hydroxylation sites is 1. The molecule has 0 aliphatic heterocycles. The van der Waals surface area contributed by atoms with E-state index in [-0.39, 0.29) is 23.4 Å². The number of carbonyl (C=O) groups excluding carboxylic acids is 1. The maximum Gasteiger partial charge on any atom is 0.308 e. The Bertz CT molecular complexity index is 794. The van der Waals surface area contributed by atoms with Gasteiger partial charge in [-0.1, -0.05) is 29.9 Å². The largest absolute Gasteiger partial charge is 0.352 e. The zero-order chi connectivity index (χ0) is 16.0. The van der Waals surface area contributed by atoms with Crippen molar-refractivity contribution in [2.45, 2.75) is 45.2 Å². The van der Waals surface area contributed by atoms with Crippen molar-refractivity contribution in [1.82, 2.24) is 9.88 Å². The number of aromatic nitrogens is 1.